The summed E-state index contributed by atoms with van der Waals surface area (Å²) >= 11 is 0. The van der Waals surface area contributed by atoms with E-state index >= 15 is 0 Å². The van der Waals surface area contributed by atoms with E-state index in [1.165, 1.54) is 21.6 Å². The molecule has 68 heavy (non-hydrogen) atoms. The maximum absolute atomic E-state index is 15.0. The van der Waals surface area contributed by atoms with Gasteiger partial charge in [-0.25, -0.2) is 0 Å². The topological polar surface area (TPSA) is 242 Å². The van der Waals surface area contributed by atoms with E-state index in [0.717, 1.165) is 22.0 Å². The summed E-state index contributed by atoms with van der Waals surface area (Å²) < 4.78 is 0. The van der Waals surface area contributed by atoms with Crippen molar-refractivity contribution < 1.29 is 43.5 Å². The summed E-state index contributed by atoms with van der Waals surface area (Å²) in [5, 5.41) is 25.9. The number of nitrogens with zero attached hydrogens (tertiary/aromatic N) is 3. The number of nitrogens with one attached hydrogen (secondary N) is 6. The third-order valence-electron chi connectivity index (χ3n) is 13.8. The number of aromatic nitrogens is 1. The van der Waals surface area contributed by atoms with Crippen LogP contribution in [0.5, 0.6) is 0 Å². The molecule has 4 fully saturated rings. The summed E-state index contributed by atoms with van der Waals surface area (Å²) in [5.41, 5.74) is 2.34. The molecule has 7 N–H and O–H groups in total. The number of H-pyrrole nitrogens is 1. The minimum absolute atomic E-state index is 0.0666. The Kier molecular flexibility index (Phi) is 15.9. The maximum Gasteiger partial charge on any atom is 0.246 e. The molecule has 18 heteroatoms. The van der Waals surface area contributed by atoms with E-state index in [1.807, 2.05) is 68.4 Å². The first kappa shape index (κ1) is 49.6. The van der Waals surface area contributed by atoms with Crippen molar-refractivity contribution in [2.75, 3.05) is 19.6 Å². The molecule has 5 heterocycles. The summed E-state index contributed by atoms with van der Waals surface area (Å²) in [5.74, 6) is -5.39. The van der Waals surface area contributed by atoms with Gasteiger partial charge >= 0.3 is 0 Å². The van der Waals surface area contributed by atoms with Gasteiger partial charge in [0.05, 0.1) is 6.10 Å². The van der Waals surface area contributed by atoms with Gasteiger partial charge in [-0.1, -0.05) is 76.2 Å². The molecular formula is C50H67N9O9. The Labute approximate surface area is 397 Å². The van der Waals surface area contributed by atoms with E-state index in [1.54, 1.807) is 20.0 Å². The monoisotopic (exact) mass is 938 g/mol. The fourth-order valence-corrected chi connectivity index (χ4v) is 10.2. The number of aliphatic hydroxyl groups excluding tert-OH is 1. The highest BCUT2D eigenvalue weighted by atomic mass is 16.3. The molecule has 0 bridgehead atoms. The molecule has 9 atom stereocenters. The van der Waals surface area contributed by atoms with E-state index in [9.17, 15) is 43.5 Å². The van der Waals surface area contributed by atoms with Crippen molar-refractivity contribution in [2.45, 2.75) is 147 Å². The quantitative estimate of drug-likeness (QED) is 0.173. The van der Waals surface area contributed by atoms with Gasteiger partial charge in [-0.15, -0.1) is 0 Å². The Balaban J connectivity index is 1.27. The van der Waals surface area contributed by atoms with Gasteiger partial charge in [0.15, 0.2) is 0 Å². The Morgan fingerprint density at radius 1 is 0.544 bits per heavy atom. The predicted octanol–water partition coefficient (Wildman–Crippen LogP) is 1.45. The lowest BCUT2D eigenvalue weighted by Gasteiger charge is -2.34. The lowest BCUT2D eigenvalue weighted by atomic mass is 9.98. The highest BCUT2D eigenvalue weighted by molar-refractivity contribution is 6.00. The van der Waals surface area contributed by atoms with Gasteiger partial charge < -0.3 is 51.4 Å². The van der Waals surface area contributed by atoms with Gasteiger partial charge in [-0.05, 0) is 80.9 Å². The zero-order valence-corrected chi connectivity index (χ0v) is 39.7. The average molecular weight is 938 g/mol. The molecule has 366 valence electrons. The number of hydrogen-bond donors (Lipinski definition) is 7. The molecule has 4 saturated heterocycles. The zero-order valence-electron chi connectivity index (χ0n) is 39.7. The second kappa shape index (κ2) is 21.8. The number of hydrogen-bond acceptors (Lipinski definition) is 9. The highest BCUT2D eigenvalue weighted by Crippen LogP contribution is 2.27. The molecule has 8 amide bonds. The number of para-hydroxylation sites is 1. The number of benzene rings is 2. The average Bonchev–Trinajstić information content (AvgIpc) is 4.16. The van der Waals surface area contributed by atoms with Crippen molar-refractivity contribution in [3.8, 4) is 0 Å². The molecule has 0 saturated carbocycles. The number of aliphatic hydroxyl groups is 1. The van der Waals surface area contributed by atoms with Crippen molar-refractivity contribution in [3.05, 3.63) is 71.9 Å². The lowest BCUT2D eigenvalue weighted by molar-refractivity contribution is -0.146. The molecule has 1 aromatic heterocycles. The van der Waals surface area contributed by atoms with Gasteiger partial charge in [0.2, 0.25) is 47.3 Å². The standard InChI is InChI=1S/C50H67N9O9/c1-28(2)24-35-43(61)55-41(29(3)4)50(68)59-23-13-19-39(59)45(63)54-37(26-32-27-51-34-17-10-9-16-33(32)34)49(67)57-21-11-18-38(57)44(62)53-36(25-31-14-7-6-8-15-31)48(66)58-22-12-20-40(58)46(64)56-42(30(5)60)47(65)52-35/h6-10,14-17,27-30,35-42,51,60H,11-13,18-26H2,1-5H3,(H,52,65)(H,53,62)(H,54,63)(H,55,61)(H,56,64)/t30-,35+,36+,37+,38+,39+,40+,41+,42+/m1/s1. The summed E-state index contributed by atoms with van der Waals surface area (Å²) in [6.07, 6.45) is 2.90. The highest BCUT2D eigenvalue weighted by Gasteiger charge is 2.45. The predicted molar refractivity (Wildman–Crippen MR) is 252 cm³/mol. The van der Waals surface area contributed by atoms with Crippen LogP contribution >= 0.6 is 0 Å². The molecule has 0 aliphatic carbocycles. The fourth-order valence-electron chi connectivity index (χ4n) is 10.2. The Hall–Kier alpha value is -6.30. The SMILES string of the molecule is CC(C)C[C@@H]1NC(=O)[C@H]([C@@H](C)O)NC(=O)[C@@H]2CCCN2C(=O)[C@H](Cc2ccccc2)NC(=O)[C@@H]2CCCN2C(=O)[C@H](Cc2c[nH]c3ccccc23)NC(=O)[C@@H]2CCCN2C(=O)[C@H](C(C)C)NC1=O. The number of rotatable bonds is 8. The minimum atomic E-state index is -1.52. The third-order valence-corrected chi connectivity index (χ3v) is 13.8. The molecular weight excluding hydrogens is 871 g/mol. The number of amides is 8. The van der Waals surface area contributed by atoms with Crippen molar-refractivity contribution in [3.63, 3.8) is 0 Å². The molecule has 0 radical (unpaired) electrons. The van der Waals surface area contributed by atoms with Gasteiger partial charge in [0.25, 0.3) is 0 Å². The molecule has 4 aliphatic rings. The third kappa shape index (κ3) is 11.2. The second-order valence-electron chi connectivity index (χ2n) is 19.6. The summed E-state index contributed by atoms with van der Waals surface area (Å²) in [4.78, 5) is 123. The number of carbonyl (C=O) groups is 8. The Morgan fingerprint density at radius 2 is 1.03 bits per heavy atom. The van der Waals surface area contributed by atoms with Gasteiger partial charge in [0, 0.05) is 49.6 Å². The van der Waals surface area contributed by atoms with Gasteiger partial charge in [-0.3, -0.25) is 38.4 Å². The normalized spacial score (nSPS) is 27.9. The van der Waals surface area contributed by atoms with Crippen LogP contribution < -0.4 is 26.6 Å². The van der Waals surface area contributed by atoms with Crippen molar-refractivity contribution in [2.24, 2.45) is 11.8 Å². The van der Waals surface area contributed by atoms with Crippen LogP contribution in [0.2, 0.25) is 0 Å². The van der Waals surface area contributed by atoms with E-state index in [-0.39, 0.29) is 51.2 Å². The van der Waals surface area contributed by atoms with Crippen molar-refractivity contribution in [1.29, 1.82) is 0 Å². The van der Waals surface area contributed by atoms with Crippen LogP contribution in [0.4, 0.5) is 0 Å². The van der Waals surface area contributed by atoms with Gasteiger partial charge in [-0.2, -0.15) is 0 Å². The smallest absolute Gasteiger partial charge is 0.246 e. The number of carbonyl (C=O) groups excluding carboxylic acids is 8. The summed E-state index contributed by atoms with van der Waals surface area (Å²) in [7, 11) is 0. The van der Waals surface area contributed by atoms with Crippen LogP contribution in [0.3, 0.4) is 0 Å². The summed E-state index contributed by atoms with van der Waals surface area (Å²) in [6, 6.07) is 7.52. The first-order valence-electron chi connectivity index (χ1n) is 24.2. The van der Waals surface area contributed by atoms with Crippen molar-refractivity contribution in [1.82, 2.24) is 46.3 Å². The van der Waals surface area contributed by atoms with E-state index in [0.29, 0.717) is 32.1 Å². The molecule has 0 unspecified atom stereocenters. The van der Waals surface area contributed by atoms with Crippen LogP contribution in [0, 0.1) is 11.8 Å². The minimum Gasteiger partial charge on any atom is -0.391 e. The summed E-state index contributed by atoms with van der Waals surface area (Å²) in [6.45, 7) is 9.18. The van der Waals surface area contributed by atoms with Crippen LogP contribution in [-0.2, 0) is 51.2 Å². The fraction of sp³-hybridized carbons (Fsp3) is 0.560. The number of aromatic amines is 1. The maximum atomic E-state index is 15.0. The first-order chi connectivity index (χ1) is 32.5. The van der Waals surface area contributed by atoms with E-state index in [2.05, 4.69) is 31.6 Å². The van der Waals surface area contributed by atoms with E-state index < -0.39 is 108 Å². The van der Waals surface area contributed by atoms with Crippen LogP contribution in [-0.4, -0.2) is 146 Å². The lowest BCUT2D eigenvalue weighted by Crippen LogP contribution is -2.62. The van der Waals surface area contributed by atoms with Crippen LogP contribution in [0.15, 0.2) is 60.8 Å². The van der Waals surface area contributed by atoms with E-state index in [4.69, 9.17) is 0 Å². The molecule has 3 aromatic rings. The molecule has 18 nitrogen and oxygen atoms in total. The Bertz CT molecular complexity index is 2350. The molecule has 4 aliphatic heterocycles. The Morgan fingerprint density at radius 3 is 1.57 bits per heavy atom. The largest absolute Gasteiger partial charge is 0.391 e. The molecule has 7 rings (SSSR count). The first-order valence-corrected chi connectivity index (χ1v) is 24.2. The zero-order chi connectivity index (χ0) is 48.8. The molecule has 2 aromatic carbocycles. The second-order valence-corrected chi connectivity index (χ2v) is 19.6. The molecule has 0 spiro atoms. The number of fused-ring (bicyclic) bond motifs is 4. The van der Waals surface area contributed by atoms with Crippen LogP contribution in [0.25, 0.3) is 10.9 Å². The van der Waals surface area contributed by atoms with Crippen LogP contribution in [0.1, 0.15) is 90.7 Å². The van der Waals surface area contributed by atoms with Crippen molar-refractivity contribution >= 4 is 58.2 Å². The van der Waals surface area contributed by atoms with Gasteiger partial charge in [0.1, 0.15) is 48.3 Å².